The van der Waals surface area contributed by atoms with Gasteiger partial charge in [-0.25, -0.2) is 8.42 Å². The van der Waals surface area contributed by atoms with Crippen molar-refractivity contribution in [2.24, 2.45) is 11.8 Å². The smallest absolute Gasteiger partial charge is 0.225 e. The number of nitrogens with one attached hydrogen (secondary N) is 1. The van der Waals surface area contributed by atoms with E-state index in [4.69, 9.17) is 0 Å². The standard InChI is InChI=1S/C14H24N2O3S/c17-14(15-8-11-4-2-1-3-5-11)12-9-16(10-12)20(18,19)13-6-7-13/h11-13H,1-10H2,(H,15,17). The molecule has 114 valence electrons. The predicted octanol–water partition coefficient (Wildman–Crippen LogP) is 1.11. The lowest BCUT2D eigenvalue weighted by molar-refractivity contribution is -0.128. The van der Waals surface area contributed by atoms with Crippen LogP contribution in [0.1, 0.15) is 44.9 Å². The Kier molecular flexibility index (Phi) is 4.04. The molecule has 0 bridgehead atoms. The Balaban J connectivity index is 1.39. The molecule has 1 heterocycles. The molecule has 1 amide bonds. The third-order valence-corrected chi connectivity index (χ3v) is 7.15. The Labute approximate surface area is 121 Å². The van der Waals surface area contributed by atoms with E-state index in [0.29, 0.717) is 19.0 Å². The van der Waals surface area contributed by atoms with Gasteiger partial charge < -0.3 is 5.32 Å². The van der Waals surface area contributed by atoms with Crippen molar-refractivity contribution in [3.8, 4) is 0 Å². The van der Waals surface area contributed by atoms with Gasteiger partial charge >= 0.3 is 0 Å². The first-order valence-electron chi connectivity index (χ1n) is 7.84. The highest BCUT2D eigenvalue weighted by atomic mass is 32.2. The Hall–Kier alpha value is -0.620. The molecule has 2 aliphatic carbocycles. The van der Waals surface area contributed by atoms with Crippen LogP contribution in [0.3, 0.4) is 0 Å². The fourth-order valence-corrected chi connectivity index (χ4v) is 5.10. The molecule has 0 radical (unpaired) electrons. The van der Waals surface area contributed by atoms with Gasteiger partial charge in [0.05, 0.1) is 11.2 Å². The monoisotopic (exact) mass is 300 g/mol. The minimum atomic E-state index is -3.08. The number of hydrogen-bond acceptors (Lipinski definition) is 3. The van der Waals surface area contributed by atoms with Crippen LogP contribution in [-0.2, 0) is 14.8 Å². The summed E-state index contributed by atoms with van der Waals surface area (Å²) in [7, 11) is -3.08. The summed E-state index contributed by atoms with van der Waals surface area (Å²) in [6, 6.07) is 0. The van der Waals surface area contributed by atoms with E-state index in [1.54, 1.807) is 0 Å². The van der Waals surface area contributed by atoms with Crippen molar-refractivity contribution in [3.63, 3.8) is 0 Å². The third kappa shape index (κ3) is 3.01. The van der Waals surface area contributed by atoms with Gasteiger partial charge in [0.2, 0.25) is 15.9 Å². The maximum absolute atomic E-state index is 12.0. The molecule has 0 spiro atoms. The summed E-state index contributed by atoms with van der Waals surface area (Å²) in [5, 5.41) is 2.85. The summed E-state index contributed by atoms with van der Waals surface area (Å²) in [6.45, 7) is 1.54. The first kappa shape index (κ1) is 14.3. The van der Waals surface area contributed by atoms with Crippen LogP contribution in [-0.4, -0.2) is 43.5 Å². The predicted molar refractivity (Wildman–Crippen MR) is 76.6 cm³/mol. The van der Waals surface area contributed by atoms with Gasteiger partial charge in [0.1, 0.15) is 0 Å². The van der Waals surface area contributed by atoms with Gasteiger partial charge in [-0.2, -0.15) is 4.31 Å². The molecular weight excluding hydrogens is 276 g/mol. The molecule has 3 rings (SSSR count). The van der Waals surface area contributed by atoms with Crippen LogP contribution < -0.4 is 5.32 Å². The van der Waals surface area contributed by atoms with Crippen molar-refractivity contribution in [3.05, 3.63) is 0 Å². The van der Waals surface area contributed by atoms with E-state index in [0.717, 1.165) is 19.4 Å². The molecular formula is C14H24N2O3S. The van der Waals surface area contributed by atoms with E-state index in [2.05, 4.69) is 5.32 Å². The van der Waals surface area contributed by atoms with Crippen molar-refractivity contribution in [1.82, 2.24) is 9.62 Å². The first-order valence-corrected chi connectivity index (χ1v) is 9.34. The fraction of sp³-hybridized carbons (Fsp3) is 0.929. The topological polar surface area (TPSA) is 66.5 Å². The van der Waals surface area contributed by atoms with Gasteiger partial charge in [-0.3, -0.25) is 4.79 Å². The molecule has 3 aliphatic rings. The van der Waals surface area contributed by atoms with Crippen LogP contribution in [0.2, 0.25) is 0 Å². The SMILES string of the molecule is O=C(NCC1CCCCC1)C1CN(S(=O)(=O)C2CC2)C1. The van der Waals surface area contributed by atoms with Crippen molar-refractivity contribution in [2.75, 3.05) is 19.6 Å². The van der Waals surface area contributed by atoms with Crippen LogP contribution >= 0.6 is 0 Å². The number of nitrogens with zero attached hydrogens (tertiary/aromatic N) is 1. The highest BCUT2D eigenvalue weighted by molar-refractivity contribution is 7.90. The lowest BCUT2D eigenvalue weighted by Gasteiger charge is -2.37. The molecule has 1 N–H and O–H groups in total. The summed E-state index contributed by atoms with van der Waals surface area (Å²) >= 11 is 0. The minimum absolute atomic E-state index is 0.0396. The lowest BCUT2D eigenvalue weighted by Crippen LogP contribution is -2.56. The molecule has 5 nitrogen and oxygen atoms in total. The minimum Gasteiger partial charge on any atom is -0.356 e. The summed E-state index contributed by atoms with van der Waals surface area (Å²) in [4.78, 5) is 12.0. The molecule has 1 saturated heterocycles. The lowest BCUT2D eigenvalue weighted by atomic mass is 9.89. The van der Waals surface area contributed by atoms with Crippen LogP contribution in [0.15, 0.2) is 0 Å². The van der Waals surface area contributed by atoms with E-state index in [1.165, 1.54) is 36.4 Å². The number of sulfonamides is 1. The summed E-state index contributed by atoms with van der Waals surface area (Å²) in [5.41, 5.74) is 0. The molecule has 2 saturated carbocycles. The number of carbonyl (C=O) groups excluding carboxylic acids is 1. The second-order valence-corrected chi connectivity index (χ2v) is 8.72. The summed E-state index contributed by atoms with van der Waals surface area (Å²) in [6.07, 6.45) is 7.88. The van der Waals surface area contributed by atoms with E-state index in [-0.39, 0.29) is 17.1 Å². The molecule has 3 fully saturated rings. The highest BCUT2D eigenvalue weighted by Gasteiger charge is 2.46. The van der Waals surface area contributed by atoms with Gasteiger partial charge in [-0.1, -0.05) is 19.3 Å². The average molecular weight is 300 g/mol. The fourth-order valence-electron chi connectivity index (χ4n) is 3.17. The van der Waals surface area contributed by atoms with E-state index in [1.807, 2.05) is 0 Å². The van der Waals surface area contributed by atoms with Crippen LogP contribution in [0.25, 0.3) is 0 Å². The van der Waals surface area contributed by atoms with Crippen LogP contribution in [0.5, 0.6) is 0 Å². The van der Waals surface area contributed by atoms with Gasteiger partial charge in [-0.05, 0) is 31.6 Å². The van der Waals surface area contributed by atoms with E-state index < -0.39 is 10.0 Å². The Morgan fingerprint density at radius 2 is 1.70 bits per heavy atom. The van der Waals surface area contributed by atoms with E-state index in [9.17, 15) is 13.2 Å². The number of hydrogen-bond donors (Lipinski definition) is 1. The van der Waals surface area contributed by atoms with Crippen molar-refractivity contribution < 1.29 is 13.2 Å². The molecule has 6 heteroatoms. The summed E-state index contributed by atoms with van der Waals surface area (Å²) < 4.78 is 25.4. The van der Waals surface area contributed by atoms with Crippen LogP contribution in [0.4, 0.5) is 0 Å². The molecule has 0 aromatic carbocycles. The quantitative estimate of drug-likeness (QED) is 0.827. The van der Waals surface area contributed by atoms with Crippen molar-refractivity contribution in [1.29, 1.82) is 0 Å². The van der Waals surface area contributed by atoms with Gasteiger partial charge in [-0.15, -0.1) is 0 Å². The average Bonchev–Trinajstić information content (AvgIpc) is 3.20. The normalized spacial score (nSPS) is 26.2. The molecule has 0 aromatic heterocycles. The molecule has 1 aliphatic heterocycles. The third-order valence-electron chi connectivity index (χ3n) is 4.81. The second-order valence-electron chi connectivity index (χ2n) is 6.51. The molecule has 0 unspecified atom stereocenters. The zero-order valence-electron chi connectivity index (χ0n) is 11.9. The number of amides is 1. The Morgan fingerprint density at radius 3 is 2.30 bits per heavy atom. The molecule has 0 atom stereocenters. The number of carbonyl (C=O) groups is 1. The second kappa shape index (κ2) is 5.64. The van der Waals surface area contributed by atoms with E-state index >= 15 is 0 Å². The van der Waals surface area contributed by atoms with Crippen LogP contribution in [0, 0.1) is 11.8 Å². The maximum atomic E-state index is 12.0. The van der Waals surface area contributed by atoms with Gasteiger partial charge in [0.25, 0.3) is 0 Å². The zero-order valence-corrected chi connectivity index (χ0v) is 12.7. The van der Waals surface area contributed by atoms with Crippen molar-refractivity contribution >= 4 is 15.9 Å². The summed E-state index contributed by atoms with van der Waals surface area (Å²) in [5.74, 6) is 0.531. The highest BCUT2D eigenvalue weighted by Crippen LogP contribution is 2.34. The zero-order chi connectivity index (χ0) is 14.2. The first-order chi connectivity index (χ1) is 9.57. The van der Waals surface area contributed by atoms with Gasteiger partial charge in [0.15, 0.2) is 0 Å². The van der Waals surface area contributed by atoms with Crippen molar-refractivity contribution in [2.45, 2.75) is 50.2 Å². The molecule has 0 aromatic rings. The largest absolute Gasteiger partial charge is 0.356 e. The van der Waals surface area contributed by atoms with Gasteiger partial charge in [0, 0.05) is 19.6 Å². The molecule has 20 heavy (non-hydrogen) atoms. The number of rotatable bonds is 5. The Morgan fingerprint density at radius 1 is 1.05 bits per heavy atom. The maximum Gasteiger partial charge on any atom is 0.225 e. The Bertz CT molecular complexity index is 461.